The minimum absolute atomic E-state index is 0.672. The molecule has 106 valence electrons. The number of halogens is 1. The van der Waals surface area contributed by atoms with E-state index in [1.165, 1.54) is 6.42 Å². The fraction of sp³-hybridized carbons (Fsp3) is 0.600. The Labute approximate surface area is 120 Å². The molecule has 1 aliphatic heterocycles. The van der Waals surface area contributed by atoms with Gasteiger partial charge in [0.2, 0.25) is 0 Å². The predicted octanol–water partition coefficient (Wildman–Crippen LogP) is 2.79. The summed E-state index contributed by atoms with van der Waals surface area (Å²) in [6, 6.07) is 8.23. The van der Waals surface area contributed by atoms with Gasteiger partial charge in [0.15, 0.2) is 0 Å². The lowest BCUT2D eigenvalue weighted by molar-refractivity contribution is 0.197. The Kier molecular flexibility index (Phi) is 5.95. The smallest absolute Gasteiger partial charge is 0.119 e. The molecule has 0 spiro atoms. The molecule has 1 atom stereocenters. The second kappa shape index (κ2) is 7.73. The number of nitrogens with zero attached hydrogens (tertiary/aromatic N) is 1. The topological polar surface area (TPSA) is 24.5 Å². The van der Waals surface area contributed by atoms with Crippen molar-refractivity contribution in [2.75, 3.05) is 32.8 Å². The highest BCUT2D eigenvalue weighted by molar-refractivity contribution is 6.30. The van der Waals surface area contributed by atoms with E-state index >= 15 is 0 Å². The van der Waals surface area contributed by atoms with Gasteiger partial charge in [0.1, 0.15) is 5.75 Å². The maximum Gasteiger partial charge on any atom is 0.119 e. The van der Waals surface area contributed by atoms with Crippen LogP contribution in [0.25, 0.3) is 0 Å². The maximum absolute atomic E-state index is 5.84. The average Bonchev–Trinajstić information content (AvgIpc) is 2.62. The first-order valence-corrected chi connectivity index (χ1v) is 7.46. The van der Waals surface area contributed by atoms with Gasteiger partial charge >= 0.3 is 0 Å². The first-order chi connectivity index (χ1) is 9.25. The van der Waals surface area contributed by atoms with Crippen LogP contribution in [0.2, 0.25) is 5.02 Å². The molecule has 1 aromatic carbocycles. The van der Waals surface area contributed by atoms with Crippen LogP contribution in [0.15, 0.2) is 24.3 Å². The van der Waals surface area contributed by atoms with E-state index in [-0.39, 0.29) is 0 Å². The van der Waals surface area contributed by atoms with Gasteiger partial charge in [0.25, 0.3) is 0 Å². The second-order valence-electron chi connectivity index (χ2n) is 5.08. The first kappa shape index (κ1) is 14.6. The molecule has 1 saturated heterocycles. The van der Waals surface area contributed by atoms with Gasteiger partial charge in [-0.2, -0.15) is 0 Å². The van der Waals surface area contributed by atoms with Gasteiger partial charge in [0, 0.05) is 30.7 Å². The van der Waals surface area contributed by atoms with E-state index in [1.807, 2.05) is 24.3 Å². The van der Waals surface area contributed by atoms with Crippen molar-refractivity contribution in [1.29, 1.82) is 0 Å². The standard InChI is InChI=1S/C15H23ClN2O/c1-13-7-8-17-9-11-18(13)10-2-12-19-15-5-3-14(16)4-6-15/h3-6,13,17H,2,7-12H2,1H3. The van der Waals surface area contributed by atoms with Crippen molar-refractivity contribution in [1.82, 2.24) is 10.2 Å². The molecule has 1 heterocycles. The zero-order chi connectivity index (χ0) is 13.5. The highest BCUT2D eigenvalue weighted by Gasteiger charge is 2.15. The molecule has 4 heteroatoms. The minimum Gasteiger partial charge on any atom is -0.494 e. The molecular weight excluding hydrogens is 260 g/mol. The van der Waals surface area contributed by atoms with Crippen LogP contribution < -0.4 is 10.1 Å². The van der Waals surface area contributed by atoms with Crippen molar-refractivity contribution in [2.24, 2.45) is 0 Å². The molecule has 0 bridgehead atoms. The second-order valence-corrected chi connectivity index (χ2v) is 5.52. The van der Waals surface area contributed by atoms with Crippen molar-refractivity contribution >= 4 is 11.6 Å². The quantitative estimate of drug-likeness (QED) is 0.841. The summed E-state index contributed by atoms with van der Waals surface area (Å²) in [7, 11) is 0. The highest BCUT2D eigenvalue weighted by atomic mass is 35.5. The summed E-state index contributed by atoms with van der Waals surface area (Å²) in [5.41, 5.74) is 0. The van der Waals surface area contributed by atoms with Crippen LogP contribution in [-0.4, -0.2) is 43.7 Å². The number of hydrogen-bond acceptors (Lipinski definition) is 3. The van der Waals surface area contributed by atoms with Gasteiger partial charge < -0.3 is 10.1 Å². The zero-order valence-corrected chi connectivity index (χ0v) is 12.3. The van der Waals surface area contributed by atoms with Crippen molar-refractivity contribution in [3.8, 4) is 5.75 Å². The Morgan fingerprint density at radius 3 is 2.89 bits per heavy atom. The number of ether oxygens (including phenoxy) is 1. The van der Waals surface area contributed by atoms with Crippen LogP contribution in [0.3, 0.4) is 0 Å². The van der Waals surface area contributed by atoms with Crippen LogP contribution in [0.5, 0.6) is 5.75 Å². The highest BCUT2D eigenvalue weighted by Crippen LogP contribution is 2.15. The molecule has 0 radical (unpaired) electrons. The molecule has 0 saturated carbocycles. The van der Waals surface area contributed by atoms with Crippen molar-refractivity contribution < 1.29 is 4.74 Å². The lowest BCUT2D eigenvalue weighted by Gasteiger charge is -2.26. The van der Waals surface area contributed by atoms with E-state index in [0.29, 0.717) is 6.04 Å². The fourth-order valence-electron chi connectivity index (χ4n) is 2.38. The van der Waals surface area contributed by atoms with E-state index < -0.39 is 0 Å². The van der Waals surface area contributed by atoms with Crippen LogP contribution >= 0.6 is 11.6 Å². The third kappa shape index (κ3) is 5.01. The summed E-state index contributed by atoms with van der Waals surface area (Å²) in [5, 5.41) is 4.19. The summed E-state index contributed by atoms with van der Waals surface area (Å²) in [6.45, 7) is 7.56. The van der Waals surface area contributed by atoms with Gasteiger partial charge in [0.05, 0.1) is 6.61 Å². The Hall–Kier alpha value is -0.770. The van der Waals surface area contributed by atoms with Gasteiger partial charge in [-0.15, -0.1) is 0 Å². The fourth-order valence-corrected chi connectivity index (χ4v) is 2.51. The third-order valence-corrected chi connectivity index (χ3v) is 3.86. The molecule has 1 N–H and O–H groups in total. The molecule has 1 aliphatic rings. The van der Waals surface area contributed by atoms with Crippen LogP contribution in [0.4, 0.5) is 0 Å². The summed E-state index contributed by atoms with van der Waals surface area (Å²) in [5.74, 6) is 0.898. The third-order valence-electron chi connectivity index (χ3n) is 3.61. The summed E-state index contributed by atoms with van der Waals surface area (Å²) in [6.07, 6.45) is 2.30. The Morgan fingerprint density at radius 1 is 1.32 bits per heavy atom. The van der Waals surface area contributed by atoms with E-state index in [2.05, 4.69) is 17.1 Å². The van der Waals surface area contributed by atoms with Crippen molar-refractivity contribution in [2.45, 2.75) is 25.8 Å². The lowest BCUT2D eigenvalue weighted by Crippen LogP contribution is -2.35. The van der Waals surface area contributed by atoms with E-state index in [1.54, 1.807) is 0 Å². The summed E-state index contributed by atoms with van der Waals surface area (Å²) < 4.78 is 5.72. The monoisotopic (exact) mass is 282 g/mol. The average molecular weight is 283 g/mol. The van der Waals surface area contributed by atoms with Crippen molar-refractivity contribution in [3.63, 3.8) is 0 Å². The zero-order valence-electron chi connectivity index (χ0n) is 11.6. The minimum atomic E-state index is 0.672. The van der Waals surface area contributed by atoms with Gasteiger partial charge in [-0.25, -0.2) is 0 Å². The molecule has 1 unspecified atom stereocenters. The Bertz CT molecular complexity index is 369. The largest absolute Gasteiger partial charge is 0.494 e. The molecule has 2 rings (SSSR count). The van der Waals surface area contributed by atoms with E-state index in [0.717, 1.165) is 50.0 Å². The van der Waals surface area contributed by atoms with E-state index in [4.69, 9.17) is 16.3 Å². The first-order valence-electron chi connectivity index (χ1n) is 7.09. The Balaban J connectivity index is 1.67. The number of nitrogens with one attached hydrogen (secondary N) is 1. The lowest BCUT2D eigenvalue weighted by atomic mass is 10.2. The molecule has 0 amide bonds. The predicted molar refractivity (Wildman–Crippen MR) is 80.1 cm³/mol. The molecular formula is C15H23ClN2O. The maximum atomic E-state index is 5.84. The van der Waals surface area contributed by atoms with Gasteiger partial charge in [-0.1, -0.05) is 11.6 Å². The summed E-state index contributed by atoms with van der Waals surface area (Å²) >= 11 is 5.84. The normalized spacial score (nSPS) is 21.1. The Morgan fingerprint density at radius 2 is 2.11 bits per heavy atom. The SMILES string of the molecule is CC1CCNCCN1CCCOc1ccc(Cl)cc1. The van der Waals surface area contributed by atoms with Crippen LogP contribution in [0, 0.1) is 0 Å². The number of rotatable bonds is 5. The van der Waals surface area contributed by atoms with Crippen molar-refractivity contribution in [3.05, 3.63) is 29.3 Å². The molecule has 3 nitrogen and oxygen atoms in total. The summed E-state index contributed by atoms with van der Waals surface area (Å²) in [4.78, 5) is 2.55. The number of benzene rings is 1. The van der Waals surface area contributed by atoms with Gasteiger partial charge in [-0.3, -0.25) is 4.90 Å². The molecule has 0 aliphatic carbocycles. The molecule has 19 heavy (non-hydrogen) atoms. The number of hydrogen-bond donors (Lipinski definition) is 1. The molecule has 0 aromatic heterocycles. The van der Waals surface area contributed by atoms with Gasteiger partial charge in [-0.05, 0) is 50.6 Å². The van der Waals surface area contributed by atoms with Crippen LogP contribution in [-0.2, 0) is 0 Å². The van der Waals surface area contributed by atoms with Crippen LogP contribution in [0.1, 0.15) is 19.8 Å². The van der Waals surface area contributed by atoms with E-state index in [9.17, 15) is 0 Å². The molecule has 1 aromatic rings. The molecule has 1 fully saturated rings.